The molecule has 0 aliphatic carbocycles. The first kappa shape index (κ1) is 16.4. The van der Waals surface area contributed by atoms with Gasteiger partial charge in [0.05, 0.1) is 11.8 Å². The molecule has 1 unspecified atom stereocenters. The molecule has 5 nitrogen and oxygen atoms in total. The van der Waals surface area contributed by atoms with Gasteiger partial charge in [-0.15, -0.1) is 16.4 Å². The molecule has 1 atom stereocenters. The number of rotatable bonds is 6. The third-order valence-electron chi connectivity index (χ3n) is 3.16. The van der Waals surface area contributed by atoms with Crippen LogP contribution in [0.5, 0.6) is 0 Å². The molecule has 8 heteroatoms. The van der Waals surface area contributed by atoms with Crippen molar-refractivity contribution in [1.82, 2.24) is 20.2 Å². The minimum Gasteiger partial charge on any atom is -0.293 e. The van der Waals surface area contributed by atoms with E-state index in [1.807, 2.05) is 48.7 Å². The van der Waals surface area contributed by atoms with Crippen LogP contribution in [0.25, 0.3) is 0 Å². The van der Waals surface area contributed by atoms with Gasteiger partial charge in [0.1, 0.15) is 0 Å². The molecule has 0 aliphatic rings. The van der Waals surface area contributed by atoms with Crippen LogP contribution in [0.4, 0.5) is 0 Å². The summed E-state index contributed by atoms with van der Waals surface area (Å²) in [6.45, 7) is 2.49. The predicted octanol–water partition coefficient (Wildman–Crippen LogP) is 3.91. The number of carbonyl (C=O) groups excluding carboxylic acids is 1. The van der Waals surface area contributed by atoms with Crippen molar-refractivity contribution in [3.63, 3.8) is 0 Å². The molecule has 0 radical (unpaired) electrons. The van der Waals surface area contributed by atoms with Crippen molar-refractivity contribution in [2.24, 2.45) is 0 Å². The molecule has 0 bridgehead atoms. The van der Waals surface area contributed by atoms with Gasteiger partial charge in [0.25, 0.3) is 0 Å². The van der Waals surface area contributed by atoms with Crippen molar-refractivity contribution >= 4 is 44.8 Å². The molecular formula is C15H13BrN4OS2. The third kappa shape index (κ3) is 4.07. The number of halogens is 1. The van der Waals surface area contributed by atoms with Crippen molar-refractivity contribution in [2.75, 3.05) is 0 Å². The molecule has 2 aromatic heterocycles. The van der Waals surface area contributed by atoms with E-state index in [2.05, 4.69) is 31.5 Å². The van der Waals surface area contributed by atoms with Crippen molar-refractivity contribution in [1.29, 1.82) is 0 Å². The van der Waals surface area contributed by atoms with Gasteiger partial charge in [-0.25, -0.2) is 4.68 Å². The maximum absolute atomic E-state index is 12.5. The predicted molar refractivity (Wildman–Crippen MR) is 95.0 cm³/mol. The molecule has 0 spiro atoms. The number of aromatic nitrogens is 4. The molecule has 0 fully saturated rings. The van der Waals surface area contributed by atoms with Gasteiger partial charge in [-0.05, 0) is 40.9 Å². The van der Waals surface area contributed by atoms with Gasteiger partial charge < -0.3 is 0 Å². The summed E-state index contributed by atoms with van der Waals surface area (Å²) in [7, 11) is 0. The Morgan fingerprint density at radius 2 is 2.13 bits per heavy atom. The monoisotopic (exact) mass is 408 g/mol. The van der Waals surface area contributed by atoms with Gasteiger partial charge >= 0.3 is 0 Å². The van der Waals surface area contributed by atoms with Gasteiger partial charge in [-0.1, -0.05) is 45.9 Å². The molecule has 23 heavy (non-hydrogen) atoms. The first-order chi connectivity index (χ1) is 11.1. The van der Waals surface area contributed by atoms with E-state index in [-0.39, 0.29) is 11.0 Å². The summed E-state index contributed by atoms with van der Waals surface area (Å²) < 4.78 is 2.68. The SMILES string of the molecule is CC(Sc1nnnn1Cc1cccs1)C(=O)c1ccc(Br)cc1. The number of carbonyl (C=O) groups is 1. The van der Waals surface area contributed by atoms with Gasteiger partial charge in [0.2, 0.25) is 5.16 Å². The third-order valence-corrected chi connectivity index (χ3v) is 5.63. The number of nitrogens with zero attached hydrogens (tertiary/aromatic N) is 4. The lowest BCUT2D eigenvalue weighted by molar-refractivity contribution is 0.0994. The number of thiophene rings is 1. The van der Waals surface area contributed by atoms with Crippen LogP contribution in [0.15, 0.2) is 51.4 Å². The van der Waals surface area contributed by atoms with Crippen LogP contribution in [0.3, 0.4) is 0 Å². The average Bonchev–Trinajstić information content (AvgIpc) is 3.20. The Hall–Kier alpha value is -1.51. The summed E-state index contributed by atoms with van der Waals surface area (Å²) in [5.41, 5.74) is 0.686. The number of ketones is 1. The normalized spacial score (nSPS) is 12.3. The largest absolute Gasteiger partial charge is 0.293 e. The first-order valence-electron chi connectivity index (χ1n) is 6.88. The van der Waals surface area contributed by atoms with Crippen LogP contribution < -0.4 is 0 Å². The maximum Gasteiger partial charge on any atom is 0.210 e. The zero-order valence-corrected chi connectivity index (χ0v) is 15.4. The maximum atomic E-state index is 12.5. The van der Waals surface area contributed by atoms with E-state index in [1.54, 1.807) is 16.0 Å². The molecule has 3 rings (SSSR count). The highest BCUT2D eigenvalue weighted by atomic mass is 79.9. The molecule has 0 saturated carbocycles. The topological polar surface area (TPSA) is 60.7 Å². The Kier molecular flexibility index (Phi) is 5.24. The van der Waals surface area contributed by atoms with Crippen LogP contribution in [-0.2, 0) is 6.54 Å². The lowest BCUT2D eigenvalue weighted by Gasteiger charge is -2.10. The number of Topliss-reactive ketones (excluding diaryl/α,β-unsaturated/α-hetero) is 1. The number of hydrogen-bond acceptors (Lipinski definition) is 6. The van der Waals surface area contributed by atoms with E-state index >= 15 is 0 Å². The Morgan fingerprint density at radius 3 is 2.83 bits per heavy atom. The molecule has 0 saturated heterocycles. The Bertz CT molecular complexity index is 786. The molecule has 3 aromatic rings. The van der Waals surface area contributed by atoms with Crippen LogP contribution in [0.1, 0.15) is 22.2 Å². The van der Waals surface area contributed by atoms with E-state index in [0.717, 1.165) is 4.47 Å². The lowest BCUT2D eigenvalue weighted by Crippen LogP contribution is -2.15. The van der Waals surface area contributed by atoms with E-state index in [9.17, 15) is 4.79 Å². The van der Waals surface area contributed by atoms with Crippen molar-refractivity contribution < 1.29 is 4.79 Å². The van der Waals surface area contributed by atoms with Crippen LogP contribution in [-0.4, -0.2) is 31.2 Å². The smallest absolute Gasteiger partial charge is 0.210 e. The first-order valence-corrected chi connectivity index (χ1v) is 9.43. The van der Waals surface area contributed by atoms with Crippen molar-refractivity contribution in [3.05, 3.63) is 56.7 Å². The molecule has 0 aliphatic heterocycles. The summed E-state index contributed by atoms with van der Waals surface area (Å²) in [6.07, 6.45) is 0. The number of benzene rings is 1. The Balaban J connectivity index is 1.70. The number of hydrogen-bond donors (Lipinski definition) is 0. The minimum atomic E-state index is -0.260. The van der Waals surface area contributed by atoms with E-state index in [0.29, 0.717) is 17.3 Å². The van der Waals surface area contributed by atoms with Crippen LogP contribution >= 0.6 is 39.0 Å². The average molecular weight is 409 g/mol. The van der Waals surface area contributed by atoms with E-state index in [1.165, 1.54) is 16.6 Å². The van der Waals surface area contributed by atoms with E-state index < -0.39 is 0 Å². The fraction of sp³-hybridized carbons (Fsp3) is 0.200. The van der Waals surface area contributed by atoms with Gasteiger partial charge in [0, 0.05) is 14.9 Å². The van der Waals surface area contributed by atoms with Gasteiger partial charge in [-0.3, -0.25) is 4.79 Å². The fourth-order valence-corrected chi connectivity index (χ4v) is 3.81. The minimum absolute atomic E-state index is 0.0631. The summed E-state index contributed by atoms with van der Waals surface area (Å²) in [4.78, 5) is 13.7. The fourth-order valence-electron chi connectivity index (χ4n) is 1.99. The molecule has 0 amide bonds. The van der Waals surface area contributed by atoms with E-state index in [4.69, 9.17) is 0 Å². The Labute approximate surface area is 150 Å². The quantitative estimate of drug-likeness (QED) is 0.456. The zero-order chi connectivity index (χ0) is 16.2. The molecule has 118 valence electrons. The van der Waals surface area contributed by atoms with Crippen molar-refractivity contribution in [2.45, 2.75) is 23.9 Å². The van der Waals surface area contributed by atoms with Crippen molar-refractivity contribution in [3.8, 4) is 0 Å². The number of tetrazole rings is 1. The highest BCUT2D eigenvalue weighted by molar-refractivity contribution is 9.10. The second-order valence-electron chi connectivity index (χ2n) is 4.83. The lowest BCUT2D eigenvalue weighted by atomic mass is 10.1. The second-order valence-corrected chi connectivity index (χ2v) is 8.09. The van der Waals surface area contributed by atoms with Crippen LogP contribution in [0, 0.1) is 0 Å². The highest BCUT2D eigenvalue weighted by Gasteiger charge is 2.20. The summed E-state index contributed by atoms with van der Waals surface area (Å²) >= 11 is 6.40. The molecule has 1 aromatic carbocycles. The number of thioether (sulfide) groups is 1. The molecule has 2 heterocycles. The van der Waals surface area contributed by atoms with Crippen LogP contribution in [0.2, 0.25) is 0 Å². The Morgan fingerprint density at radius 1 is 1.35 bits per heavy atom. The zero-order valence-electron chi connectivity index (χ0n) is 12.2. The summed E-state index contributed by atoms with van der Waals surface area (Å²) in [6, 6.07) is 11.4. The summed E-state index contributed by atoms with van der Waals surface area (Å²) in [5, 5.41) is 14.2. The highest BCUT2D eigenvalue weighted by Crippen LogP contribution is 2.25. The van der Waals surface area contributed by atoms with Gasteiger partial charge in [-0.2, -0.15) is 0 Å². The molecule has 0 N–H and O–H groups in total. The second kappa shape index (κ2) is 7.37. The molecular weight excluding hydrogens is 396 g/mol. The van der Waals surface area contributed by atoms with Gasteiger partial charge in [0.15, 0.2) is 5.78 Å². The standard InChI is InChI=1S/C15H13BrN4OS2/c1-10(14(21)11-4-6-12(16)7-5-11)23-15-17-18-19-20(15)9-13-3-2-8-22-13/h2-8,10H,9H2,1H3. The summed E-state index contributed by atoms with van der Waals surface area (Å²) in [5.74, 6) is 0.0631.